The number of thiophene rings is 1. The van der Waals surface area contributed by atoms with Gasteiger partial charge in [-0.1, -0.05) is 0 Å². The van der Waals surface area contributed by atoms with Crippen molar-refractivity contribution >= 4 is 28.3 Å². The maximum atomic E-state index is 12.5. The number of nitrogens with one attached hydrogen (secondary N) is 3. The smallest absolute Gasteiger partial charge is 0.252 e. The fourth-order valence-electron chi connectivity index (χ4n) is 3.07. The van der Waals surface area contributed by atoms with E-state index in [1.54, 1.807) is 11.3 Å². The van der Waals surface area contributed by atoms with Crippen LogP contribution in [0.15, 0.2) is 36.0 Å². The topological polar surface area (TPSA) is 69.8 Å². The molecule has 23 heavy (non-hydrogen) atoms. The van der Waals surface area contributed by atoms with E-state index in [-0.39, 0.29) is 11.9 Å². The Morgan fingerprint density at radius 2 is 2.35 bits per heavy atom. The lowest BCUT2D eigenvalue weighted by molar-refractivity contribution is 0.0940. The summed E-state index contributed by atoms with van der Waals surface area (Å²) in [4.78, 5) is 21.1. The molecule has 1 amide bonds. The second-order valence-corrected chi connectivity index (χ2v) is 6.81. The monoisotopic (exact) mass is 326 g/mol. The second kappa shape index (κ2) is 6.14. The molecule has 1 unspecified atom stereocenters. The van der Waals surface area contributed by atoms with Crippen LogP contribution in [0.3, 0.4) is 0 Å². The summed E-state index contributed by atoms with van der Waals surface area (Å²) in [5.74, 6) is 0.0364. The Bertz CT molecular complexity index is 832. The summed E-state index contributed by atoms with van der Waals surface area (Å²) in [6.45, 7) is 1.84. The summed E-state index contributed by atoms with van der Waals surface area (Å²) < 4.78 is 0. The average Bonchev–Trinajstić information content (AvgIpc) is 3.28. The van der Waals surface area contributed by atoms with Crippen molar-refractivity contribution in [1.29, 1.82) is 0 Å². The van der Waals surface area contributed by atoms with Crippen LogP contribution >= 0.6 is 11.3 Å². The molecule has 0 saturated carbocycles. The van der Waals surface area contributed by atoms with Gasteiger partial charge in [0, 0.05) is 41.7 Å². The van der Waals surface area contributed by atoms with Crippen molar-refractivity contribution in [3.8, 4) is 0 Å². The number of amides is 1. The fraction of sp³-hybridized carbons (Fsp3) is 0.294. The van der Waals surface area contributed by atoms with Gasteiger partial charge in [-0.2, -0.15) is 0 Å². The van der Waals surface area contributed by atoms with E-state index in [2.05, 4.69) is 20.6 Å². The summed E-state index contributed by atoms with van der Waals surface area (Å²) >= 11 is 1.63. The number of aromatic nitrogens is 2. The molecular formula is C17H18N4OS. The van der Waals surface area contributed by atoms with Gasteiger partial charge in [0.15, 0.2) is 0 Å². The van der Waals surface area contributed by atoms with Gasteiger partial charge < -0.3 is 15.6 Å². The highest BCUT2D eigenvalue weighted by atomic mass is 32.1. The summed E-state index contributed by atoms with van der Waals surface area (Å²) in [5, 5.41) is 9.51. The predicted molar refractivity (Wildman–Crippen MR) is 92.0 cm³/mol. The summed E-state index contributed by atoms with van der Waals surface area (Å²) in [6.07, 6.45) is 5.46. The third-order valence-electron chi connectivity index (χ3n) is 4.29. The zero-order valence-corrected chi connectivity index (χ0v) is 13.5. The lowest BCUT2D eigenvalue weighted by Crippen LogP contribution is -2.36. The first-order chi connectivity index (χ1) is 11.3. The van der Waals surface area contributed by atoms with E-state index in [9.17, 15) is 4.79 Å². The maximum absolute atomic E-state index is 12.5. The molecule has 5 nitrogen and oxygen atoms in total. The van der Waals surface area contributed by atoms with Gasteiger partial charge >= 0.3 is 0 Å². The predicted octanol–water partition coefficient (Wildman–Crippen LogP) is 2.31. The van der Waals surface area contributed by atoms with E-state index in [1.165, 1.54) is 5.56 Å². The lowest BCUT2D eigenvalue weighted by Gasteiger charge is -2.12. The quantitative estimate of drug-likeness (QED) is 0.689. The Balaban J connectivity index is 1.57. The minimum Gasteiger partial charge on any atom is -0.348 e. The number of H-pyrrole nitrogens is 1. The van der Waals surface area contributed by atoms with E-state index in [0.29, 0.717) is 0 Å². The van der Waals surface area contributed by atoms with Crippen molar-refractivity contribution in [1.82, 2.24) is 20.6 Å². The van der Waals surface area contributed by atoms with Gasteiger partial charge in [-0.05, 0) is 42.1 Å². The molecule has 0 radical (unpaired) electrons. The molecular weight excluding hydrogens is 308 g/mol. The molecule has 0 spiro atoms. The molecule has 118 valence electrons. The third kappa shape index (κ3) is 2.87. The number of aromatic amines is 1. The molecule has 0 aromatic carbocycles. The van der Waals surface area contributed by atoms with E-state index in [0.717, 1.165) is 47.4 Å². The van der Waals surface area contributed by atoms with Gasteiger partial charge in [0.25, 0.3) is 5.91 Å². The van der Waals surface area contributed by atoms with Crippen molar-refractivity contribution < 1.29 is 4.79 Å². The second-order valence-electron chi connectivity index (χ2n) is 5.81. The van der Waals surface area contributed by atoms with Gasteiger partial charge in [-0.3, -0.25) is 4.79 Å². The van der Waals surface area contributed by atoms with Crippen LogP contribution < -0.4 is 10.6 Å². The van der Waals surface area contributed by atoms with Crippen LogP contribution in [-0.2, 0) is 6.42 Å². The van der Waals surface area contributed by atoms with Gasteiger partial charge in [-0.15, -0.1) is 11.3 Å². The van der Waals surface area contributed by atoms with Crippen molar-refractivity contribution in [2.24, 2.45) is 0 Å². The zero-order valence-electron chi connectivity index (χ0n) is 12.6. The molecule has 0 bridgehead atoms. The summed E-state index contributed by atoms with van der Waals surface area (Å²) in [7, 11) is 0. The molecule has 3 aromatic rings. The fourth-order valence-corrected chi connectivity index (χ4v) is 3.96. The molecule has 3 aromatic heterocycles. The van der Waals surface area contributed by atoms with Crippen molar-refractivity contribution in [2.75, 3.05) is 13.1 Å². The first-order valence-electron chi connectivity index (χ1n) is 7.80. The molecule has 1 atom stereocenters. The molecule has 1 aliphatic rings. The van der Waals surface area contributed by atoms with E-state index < -0.39 is 0 Å². The van der Waals surface area contributed by atoms with Crippen molar-refractivity contribution in [3.63, 3.8) is 0 Å². The Morgan fingerprint density at radius 3 is 3.22 bits per heavy atom. The number of hydrogen-bond donors (Lipinski definition) is 3. The molecule has 6 heteroatoms. The molecule has 3 N–H and O–H groups in total. The van der Waals surface area contributed by atoms with Crippen LogP contribution in [0.25, 0.3) is 11.0 Å². The van der Waals surface area contributed by atoms with Crippen LogP contribution in [0, 0.1) is 0 Å². The molecule has 1 fully saturated rings. The number of carbonyl (C=O) groups is 1. The maximum Gasteiger partial charge on any atom is 0.252 e. The Kier molecular flexibility index (Phi) is 3.85. The highest BCUT2D eigenvalue weighted by Crippen LogP contribution is 2.24. The number of carbonyl (C=O) groups excluding carboxylic acids is 1. The van der Waals surface area contributed by atoms with Crippen molar-refractivity contribution in [3.05, 3.63) is 52.0 Å². The number of pyridine rings is 1. The van der Waals surface area contributed by atoms with Crippen molar-refractivity contribution in [2.45, 2.75) is 18.9 Å². The number of nitrogens with zero attached hydrogens (tertiary/aromatic N) is 1. The minimum absolute atomic E-state index is 0.0364. The van der Waals surface area contributed by atoms with E-state index in [4.69, 9.17) is 0 Å². The summed E-state index contributed by atoms with van der Waals surface area (Å²) in [5.41, 5.74) is 2.87. The van der Waals surface area contributed by atoms with Crippen LogP contribution in [0.2, 0.25) is 0 Å². The SMILES string of the molecule is O=C(NC1CCNC1)c1ccsc1Cc1ccnc2[nH]ccc12. The zero-order chi connectivity index (χ0) is 15.6. The van der Waals surface area contributed by atoms with Crippen LogP contribution in [0.4, 0.5) is 0 Å². The Labute approximate surface area is 138 Å². The van der Waals surface area contributed by atoms with Gasteiger partial charge in [0.2, 0.25) is 0 Å². The van der Waals surface area contributed by atoms with Gasteiger partial charge in [-0.25, -0.2) is 4.98 Å². The highest BCUT2D eigenvalue weighted by Gasteiger charge is 2.20. The molecule has 1 saturated heterocycles. The minimum atomic E-state index is 0.0364. The average molecular weight is 326 g/mol. The number of rotatable bonds is 4. The largest absolute Gasteiger partial charge is 0.348 e. The normalized spacial score (nSPS) is 17.7. The summed E-state index contributed by atoms with van der Waals surface area (Å²) in [6, 6.07) is 6.23. The van der Waals surface area contributed by atoms with Gasteiger partial charge in [0.1, 0.15) is 5.65 Å². The van der Waals surface area contributed by atoms with Crippen LogP contribution in [0.1, 0.15) is 27.2 Å². The van der Waals surface area contributed by atoms with E-state index >= 15 is 0 Å². The third-order valence-corrected chi connectivity index (χ3v) is 5.21. The standard InChI is InChI=1S/C17H18N4OS/c22-17(21-12-2-5-18-10-12)14-4-8-23-15(14)9-11-1-6-19-16-13(11)3-7-20-16/h1,3-4,6-8,12,18H,2,5,9-10H2,(H,19,20)(H,21,22). The molecule has 4 rings (SSSR count). The first kappa shape index (κ1) is 14.4. The molecule has 1 aliphatic heterocycles. The van der Waals surface area contributed by atoms with Crippen LogP contribution in [-0.4, -0.2) is 35.0 Å². The number of fused-ring (bicyclic) bond motifs is 1. The highest BCUT2D eigenvalue weighted by molar-refractivity contribution is 7.10. The first-order valence-corrected chi connectivity index (χ1v) is 8.68. The van der Waals surface area contributed by atoms with E-state index in [1.807, 2.05) is 36.0 Å². The lowest BCUT2D eigenvalue weighted by atomic mass is 10.1. The number of hydrogen-bond acceptors (Lipinski definition) is 4. The molecule has 4 heterocycles. The van der Waals surface area contributed by atoms with Gasteiger partial charge in [0.05, 0.1) is 5.56 Å². The van der Waals surface area contributed by atoms with Crippen LogP contribution in [0.5, 0.6) is 0 Å². The Morgan fingerprint density at radius 1 is 1.39 bits per heavy atom. The molecule has 0 aliphatic carbocycles. The Hall–Kier alpha value is -2.18.